The highest BCUT2D eigenvalue weighted by molar-refractivity contribution is 9.11. The number of nitrogens with zero attached hydrogens (tertiary/aromatic N) is 1. The van der Waals surface area contributed by atoms with Crippen molar-refractivity contribution in [3.05, 3.63) is 55.7 Å². The second-order valence-corrected chi connectivity index (χ2v) is 6.32. The van der Waals surface area contributed by atoms with Crippen molar-refractivity contribution < 1.29 is 9.84 Å². The number of benzene rings is 1. The number of aliphatic hydroxyl groups is 1. The lowest BCUT2D eigenvalue weighted by atomic mass is 9.99. The predicted molar refractivity (Wildman–Crippen MR) is 86.2 cm³/mol. The van der Waals surface area contributed by atoms with Gasteiger partial charge in [-0.2, -0.15) is 0 Å². The Kier molecular flexibility index (Phi) is 4.83. The molecule has 3 nitrogen and oxygen atoms in total. The summed E-state index contributed by atoms with van der Waals surface area (Å²) in [6.07, 6.45) is 0.823. The number of methoxy groups -OCH3 is 1. The van der Waals surface area contributed by atoms with Crippen LogP contribution in [0.3, 0.4) is 0 Å². The van der Waals surface area contributed by atoms with Crippen molar-refractivity contribution in [3.8, 4) is 5.75 Å². The average Bonchev–Trinajstić information content (AvgIpc) is 2.41. The van der Waals surface area contributed by atoms with E-state index in [1.54, 1.807) is 13.3 Å². The summed E-state index contributed by atoms with van der Waals surface area (Å²) in [7, 11) is 1.61. The number of halogens is 2. The Labute approximate surface area is 135 Å². The summed E-state index contributed by atoms with van der Waals surface area (Å²) in [4.78, 5) is 4.28. The molecule has 106 valence electrons. The van der Waals surface area contributed by atoms with Gasteiger partial charge in [-0.25, -0.2) is 0 Å². The molecule has 1 unspecified atom stereocenters. The number of aromatic nitrogens is 1. The lowest BCUT2D eigenvalue weighted by Gasteiger charge is -2.18. The predicted octanol–water partition coefficient (Wildman–Crippen LogP) is 4.31. The number of rotatable bonds is 3. The van der Waals surface area contributed by atoms with Gasteiger partial charge in [-0.15, -0.1) is 0 Å². The zero-order valence-corrected chi connectivity index (χ0v) is 14.6. The summed E-state index contributed by atoms with van der Waals surface area (Å²) in [6.45, 7) is 4.00. The Balaban J connectivity index is 2.53. The molecule has 0 saturated carbocycles. The summed E-state index contributed by atoms with van der Waals surface area (Å²) in [6, 6.07) is 5.71. The number of aryl methyl sites for hydroxylation is 1. The first-order valence-corrected chi connectivity index (χ1v) is 7.67. The topological polar surface area (TPSA) is 42.4 Å². The smallest absolute Gasteiger partial charge is 0.128 e. The minimum absolute atomic E-state index is 0.565. The fraction of sp³-hybridized carbons (Fsp3) is 0.267. The summed E-state index contributed by atoms with van der Waals surface area (Å²) in [5, 5.41) is 10.6. The Morgan fingerprint density at radius 2 is 1.95 bits per heavy atom. The van der Waals surface area contributed by atoms with E-state index in [0.717, 1.165) is 20.1 Å². The van der Waals surface area contributed by atoms with Gasteiger partial charge in [0.2, 0.25) is 0 Å². The van der Waals surface area contributed by atoms with E-state index in [1.165, 1.54) is 0 Å². The molecule has 0 fully saturated rings. The number of hydrogen-bond donors (Lipinski definition) is 1. The Morgan fingerprint density at radius 3 is 2.55 bits per heavy atom. The van der Waals surface area contributed by atoms with Crippen LogP contribution in [0.25, 0.3) is 0 Å². The second-order valence-electron chi connectivity index (χ2n) is 4.55. The zero-order valence-electron chi connectivity index (χ0n) is 11.4. The fourth-order valence-corrected chi connectivity index (χ4v) is 3.28. The van der Waals surface area contributed by atoms with E-state index in [-0.39, 0.29) is 0 Å². The molecule has 20 heavy (non-hydrogen) atoms. The standard InChI is InChI=1S/C15H15Br2NO2/c1-8-4-5-11(15(20-3)9(8)2)14(19)13-12(17)6-10(16)7-18-13/h4-7,14,19H,1-3H3. The van der Waals surface area contributed by atoms with Crippen LogP contribution >= 0.6 is 31.9 Å². The third-order valence-electron chi connectivity index (χ3n) is 3.30. The van der Waals surface area contributed by atoms with Crippen molar-refractivity contribution in [3.63, 3.8) is 0 Å². The summed E-state index contributed by atoms with van der Waals surface area (Å²) < 4.78 is 7.05. The van der Waals surface area contributed by atoms with Crippen LogP contribution in [-0.4, -0.2) is 17.2 Å². The van der Waals surface area contributed by atoms with Crippen LogP contribution in [-0.2, 0) is 0 Å². The van der Waals surface area contributed by atoms with E-state index in [2.05, 4.69) is 36.8 Å². The fourth-order valence-electron chi connectivity index (χ4n) is 2.07. The highest BCUT2D eigenvalue weighted by atomic mass is 79.9. The van der Waals surface area contributed by atoms with Gasteiger partial charge in [0.25, 0.3) is 0 Å². The van der Waals surface area contributed by atoms with Gasteiger partial charge in [-0.05, 0) is 62.9 Å². The average molecular weight is 401 g/mol. The van der Waals surface area contributed by atoms with Gasteiger partial charge < -0.3 is 9.84 Å². The third-order valence-corrected chi connectivity index (χ3v) is 4.37. The Hall–Kier alpha value is -0.910. The van der Waals surface area contributed by atoms with Crippen LogP contribution in [0.15, 0.2) is 33.3 Å². The van der Waals surface area contributed by atoms with Crippen LogP contribution in [0.1, 0.15) is 28.5 Å². The van der Waals surface area contributed by atoms with Gasteiger partial charge in [0.1, 0.15) is 11.9 Å². The molecular formula is C15H15Br2NO2. The maximum Gasteiger partial charge on any atom is 0.128 e. The van der Waals surface area contributed by atoms with Crippen LogP contribution in [0.4, 0.5) is 0 Å². The summed E-state index contributed by atoms with van der Waals surface area (Å²) in [5.74, 6) is 0.703. The van der Waals surface area contributed by atoms with Crippen LogP contribution < -0.4 is 4.74 Å². The molecule has 0 bridgehead atoms. The molecule has 0 aliphatic carbocycles. The van der Waals surface area contributed by atoms with Gasteiger partial charge in [0.05, 0.1) is 12.8 Å². The van der Waals surface area contributed by atoms with Crippen molar-refractivity contribution in [1.82, 2.24) is 4.98 Å². The van der Waals surface area contributed by atoms with Crippen LogP contribution in [0.2, 0.25) is 0 Å². The normalized spacial score (nSPS) is 12.3. The second kappa shape index (κ2) is 6.24. The molecule has 1 heterocycles. The zero-order chi connectivity index (χ0) is 14.9. The van der Waals surface area contributed by atoms with Crippen LogP contribution in [0.5, 0.6) is 5.75 Å². The molecular weight excluding hydrogens is 386 g/mol. The highest BCUT2D eigenvalue weighted by Crippen LogP contribution is 2.36. The first-order valence-electron chi connectivity index (χ1n) is 6.08. The molecule has 0 radical (unpaired) electrons. The number of pyridine rings is 1. The van der Waals surface area contributed by atoms with E-state index < -0.39 is 6.10 Å². The van der Waals surface area contributed by atoms with Crippen LogP contribution in [0, 0.1) is 13.8 Å². The molecule has 2 rings (SSSR count). The molecule has 0 saturated heterocycles. The highest BCUT2D eigenvalue weighted by Gasteiger charge is 2.21. The molecule has 5 heteroatoms. The Morgan fingerprint density at radius 1 is 1.25 bits per heavy atom. The number of aliphatic hydroxyl groups excluding tert-OH is 1. The number of hydrogen-bond acceptors (Lipinski definition) is 3. The van der Waals surface area contributed by atoms with E-state index in [0.29, 0.717) is 17.0 Å². The van der Waals surface area contributed by atoms with Crippen molar-refractivity contribution in [2.45, 2.75) is 20.0 Å². The molecule has 1 aromatic heterocycles. The first-order chi connectivity index (χ1) is 9.45. The Bertz CT molecular complexity index is 644. The molecule has 0 aliphatic heterocycles. The quantitative estimate of drug-likeness (QED) is 0.834. The maximum absolute atomic E-state index is 10.6. The van der Waals surface area contributed by atoms with E-state index >= 15 is 0 Å². The first kappa shape index (κ1) is 15.5. The molecule has 0 amide bonds. The third kappa shape index (κ3) is 2.90. The van der Waals surface area contributed by atoms with Gasteiger partial charge in [0, 0.05) is 20.7 Å². The van der Waals surface area contributed by atoms with Gasteiger partial charge in [-0.3, -0.25) is 4.98 Å². The van der Waals surface area contributed by atoms with Crippen molar-refractivity contribution in [2.24, 2.45) is 0 Å². The number of ether oxygens (including phenoxy) is 1. The molecule has 2 aromatic rings. The van der Waals surface area contributed by atoms with Gasteiger partial charge >= 0.3 is 0 Å². The van der Waals surface area contributed by atoms with Gasteiger partial charge in [0.15, 0.2) is 0 Å². The largest absolute Gasteiger partial charge is 0.496 e. The maximum atomic E-state index is 10.6. The molecule has 1 aromatic carbocycles. The lowest BCUT2D eigenvalue weighted by molar-refractivity contribution is 0.209. The molecule has 1 atom stereocenters. The molecule has 0 spiro atoms. The lowest BCUT2D eigenvalue weighted by Crippen LogP contribution is -2.07. The molecule has 1 N–H and O–H groups in total. The van der Waals surface area contributed by atoms with Crippen molar-refractivity contribution >= 4 is 31.9 Å². The summed E-state index contributed by atoms with van der Waals surface area (Å²) in [5.41, 5.74) is 3.43. The SMILES string of the molecule is COc1c(C(O)c2ncc(Br)cc2Br)ccc(C)c1C. The van der Waals surface area contributed by atoms with Gasteiger partial charge in [-0.1, -0.05) is 12.1 Å². The minimum atomic E-state index is -0.841. The van der Waals surface area contributed by atoms with Crippen molar-refractivity contribution in [1.29, 1.82) is 0 Å². The molecule has 0 aliphatic rings. The van der Waals surface area contributed by atoms with E-state index in [4.69, 9.17) is 4.74 Å². The van der Waals surface area contributed by atoms with Crippen molar-refractivity contribution in [2.75, 3.05) is 7.11 Å². The van der Waals surface area contributed by atoms with E-state index in [1.807, 2.05) is 32.0 Å². The minimum Gasteiger partial charge on any atom is -0.496 e. The monoisotopic (exact) mass is 399 g/mol. The summed E-state index contributed by atoms with van der Waals surface area (Å²) >= 11 is 6.78. The van der Waals surface area contributed by atoms with E-state index in [9.17, 15) is 5.11 Å².